The summed E-state index contributed by atoms with van der Waals surface area (Å²) in [5, 5.41) is 10.1. The van der Waals surface area contributed by atoms with Crippen LogP contribution in [-0.2, 0) is 16.6 Å². The van der Waals surface area contributed by atoms with Gasteiger partial charge in [-0.05, 0) is 42.5 Å². The summed E-state index contributed by atoms with van der Waals surface area (Å²) in [6.45, 7) is 1.59. The van der Waals surface area contributed by atoms with Crippen molar-refractivity contribution in [2.75, 3.05) is 27.4 Å². The molecule has 3 rings (SSSR count). The highest BCUT2D eigenvalue weighted by Gasteiger charge is 2.29. The topological polar surface area (TPSA) is 109 Å². The van der Waals surface area contributed by atoms with Crippen molar-refractivity contribution in [2.45, 2.75) is 24.8 Å². The molecule has 0 aliphatic rings. The van der Waals surface area contributed by atoms with Gasteiger partial charge in [-0.1, -0.05) is 18.2 Å². The summed E-state index contributed by atoms with van der Waals surface area (Å²) >= 11 is 0. The van der Waals surface area contributed by atoms with Crippen LogP contribution in [0.5, 0.6) is 11.5 Å². The number of aryl methyl sites for hydroxylation is 1. The van der Waals surface area contributed by atoms with Gasteiger partial charge in [0.25, 0.3) is 5.56 Å². The molecule has 3 aromatic rings. The van der Waals surface area contributed by atoms with Gasteiger partial charge in [-0.3, -0.25) is 4.79 Å². The van der Waals surface area contributed by atoms with E-state index in [1.54, 1.807) is 12.1 Å². The van der Waals surface area contributed by atoms with Crippen LogP contribution >= 0.6 is 0 Å². The molecule has 31 heavy (non-hydrogen) atoms. The Morgan fingerprint density at radius 1 is 1.10 bits per heavy atom. The van der Waals surface area contributed by atoms with Gasteiger partial charge in [0.1, 0.15) is 16.4 Å². The molecule has 0 unspecified atom stereocenters. The first-order valence-corrected chi connectivity index (χ1v) is 11.2. The number of sulfonamides is 1. The second kappa shape index (κ2) is 9.51. The summed E-state index contributed by atoms with van der Waals surface area (Å²) in [7, 11) is -1.23. The van der Waals surface area contributed by atoms with Crippen LogP contribution in [0, 0.1) is 6.92 Å². The average Bonchev–Trinajstić information content (AvgIpc) is 2.77. The predicted octanol–water partition coefficient (Wildman–Crippen LogP) is 2.43. The zero-order chi connectivity index (χ0) is 22.6. The molecule has 0 fully saturated rings. The number of aromatic amines is 1. The van der Waals surface area contributed by atoms with E-state index in [2.05, 4.69) is 4.98 Å². The van der Waals surface area contributed by atoms with Crippen LogP contribution in [0.25, 0.3) is 10.9 Å². The zero-order valence-corrected chi connectivity index (χ0v) is 18.5. The standard InChI is InChI=1S/C22H26N2O6S/c1-15-6-4-7-16-12-17(22(26)23-21(15)16)14-24(10-5-11-25)31(27,28)20-13-18(29-2)8-9-19(20)30-3/h4,6-9,12-13,25H,5,10-11,14H2,1-3H3,(H,23,26). The highest BCUT2D eigenvalue weighted by atomic mass is 32.2. The Bertz CT molecular complexity index is 1240. The third-order valence-electron chi connectivity index (χ3n) is 5.07. The number of pyridine rings is 1. The van der Waals surface area contributed by atoms with Gasteiger partial charge in [0.2, 0.25) is 10.0 Å². The van der Waals surface area contributed by atoms with Crippen molar-refractivity contribution < 1.29 is 23.0 Å². The second-order valence-electron chi connectivity index (χ2n) is 7.10. The number of hydrogen-bond donors (Lipinski definition) is 2. The summed E-state index contributed by atoms with van der Waals surface area (Å²) in [6.07, 6.45) is 0.218. The van der Waals surface area contributed by atoms with Gasteiger partial charge < -0.3 is 19.6 Å². The predicted molar refractivity (Wildman–Crippen MR) is 118 cm³/mol. The van der Waals surface area contributed by atoms with Crippen molar-refractivity contribution in [3.8, 4) is 11.5 Å². The first-order valence-electron chi connectivity index (χ1n) is 9.76. The number of rotatable bonds is 9. The Labute approximate surface area is 181 Å². The van der Waals surface area contributed by atoms with Crippen molar-refractivity contribution in [1.82, 2.24) is 9.29 Å². The lowest BCUT2D eigenvalue weighted by atomic mass is 10.1. The normalized spacial score (nSPS) is 11.8. The zero-order valence-electron chi connectivity index (χ0n) is 17.7. The van der Waals surface area contributed by atoms with E-state index in [-0.39, 0.29) is 42.3 Å². The van der Waals surface area contributed by atoms with Crippen molar-refractivity contribution >= 4 is 20.9 Å². The Balaban J connectivity index is 2.08. The lowest BCUT2D eigenvalue weighted by Crippen LogP contribution is -2.34. The fourth-order valence-electron chi connectivity index (χ4n) is 3.39. The summed E-state index contributed by atoms with van der Waals surface area (Å²) in [5.74, 6) is 0.526. The number of methoxy groups -OCH3 is 2. The van der Waals surface area contributed by atoms with Crippen LogP contribution in [0.2, 0.25) is 0 Å². The molecule has 166 valence electrons. The molecule has 0 radical (unpaired) electrons. The molecule has 0 atom stereocenters. The molecule has 9 heteroatoms. The minimum atomic E-state index is -4.06. The van der Waals surface area contributed by atoms with Crippen LogP contribution < -0.4 is 15.0 Å². The molecule has 1 heterocycles. The molecule has 0 saturated heterocycles. The summed E-state index contributed by atoms with van der Waals surface area (Å²) in [5.41, 5.74) is 1.59. The largest absolute Gasteiger partial charge is 0.497 e. The highest BCUT2D eigenvalue weighted by Crippen LogP contribution is 2.31. The van der Waals surface area contributed by atoms with Crippen LogP contribution in [0.3, 0.4) is 0 Å². The minimum Gasteiger partial charge on any atom is -0.497 e. The summed E-state index contributed by atoms with van der Waals surface area (Å²) in [4.78, 5) is 15.5. The lowest BCUT2D eigenvalue weighted by Gasteiger charge is -2.23. The second-order valence-corrected chi connectivity index (χ2v) is 9.00. The summed E-state index contributed by atoms with van der Waals surface area (Å²) < 4.78 is 38.6. The number of aliphatic hydroxyl groups excluding tert-OH is 1. The summed E-state index contributed by atoms with van der Waals surface area (Å²) in [6, 6.07) is 11.8. The molecule has 0 bridgehead atoms. The highest BCUT2D eigenvalue weighted by molar-refractivity contribution is 7.89. The first-order chi connectivity index (χ1) is 14.8. The van der Waals surface area contributed by atoms with Crippen molar-refractivity contribution in [3.05, 3.63) is 63.9 Å². The number of para-hydroxylation sites is 1. The Morgan fingerprint density at radius 3 is 2.55 bits per heavy atom. The van der Waals surface area contributed by atoms with E-state index in [0.29, 0.717) is 11.3 Å². The maximum Gasteiger partial charge on any atom is 0.252 e. The Morgan fingerprint density at radius 2 is 1.87 bits per heavy atom. The lowest BCUT2D eigenvalue weighted by molar-refractivity contribution is 0.267. The molecule has 0 saturated carbocycles. The molecular weight excluding hydrogens is 420 g/mol. The van der Waals surface area contributed by atoms with Crippen molar-refractivity contribution in [1.29, 1.82) is 0 Å². The average molecular weight is 447 g/mol. The molecule has 0 amide bonds. The van der Waals surface area contributed by atoms with Crippen LogP contribution in [0.4, 0.5) is 0 Å². The van der Waals surface area contributed by atoms with Gasteiger partial charge in [0.05, 0.1) is 19.7 Å². The number of benzene rings is 2. The maximum atomic E-state index is 13.5. The number of fused-ring (bicyclic) bond motifs is 1. The van der Waals surface area contributed by atoms with Crippen LogP contribution in [0.1, 0.15) is 17.5 Å². The van der Waals surface area contributed by atoms with Crippen molar-refractivity contribution in [2.24, 2.45) is 0 Å². The van der Waals surface area contributed by atoms with Gasteiger partial charge in [0.15, 0.2) is 0 Å². The fourth-order valence-corrected chi connectivity index (χ4v) is 5.02. The van der Waals surface area contributed by atoms with E-state index in [0.717, 1.165) is 16.5 Å². The van der Waals surface area contributed by atoms with E-state index in [1.807, 2.05) is 25.1 Å². The monoisotopic (exact) mass is 446 g/mol. The molecule has 0 spiro atoms. The molecule has 8 nitrogen and oxygen atoms in total. The third-order valence-corrected chi connectivity index (χ3v) is 6.93. The Hall–Kier alpha value is -2.88. The number of aromatic nitrogens is 1. The number of H-pyrrole nitrogens is 1. The van der Waals surface area contributed by atoms with Gasteiger partial charge in [-0.15, -0.1) is 0 Å². The third kappa shape index (κ3) is 4.73. The van der Waals surface area contributed by atoms with Gasteiger partial charge in [-0.25, -0.2) is 8.42 Å². The smallest absolute Gasteiger partial charge is 0.252 e. The van der Waals surface area contributed by atoms with Gasteiger partial charge in [0, 0.05) is 31.3 Å². The number of aliphatic hydroxyl groups is 1. The fraction of sp³-hybridized carbons (Fsp3) is 0.318. The van der Waals surface area contributed by atoms with Gasteiger partial charge in [-0.2, -0.15) is 4.31 Å². The van der Waals surface area contributed by atoms with Crippen LogP contribution in [-0.4, -0.2) is 50.2 Å². The number of nitrogens with zero attached hydrogens (tertiary/aromatic N) is 1. The molecule has 1 aromatic heterocycles. The SMILES string of the molecule is COc1ccc(OC)c(S(=O)(=O)N(CCCO)Cc2cc3cccc(C)c3[nH]c2=O)c1. The molecular formula is C22H26N2O6S. The maximum absolute atomic E-state index is 13.5. The molecule has 0 aliphatic carbocycles. The Kier molecular flexibility index (Phi) is 6.99. The number of nitrogens with one attached hydrogen (secondary N) is 1. The molecule has 2 N–H and O–H groups in total. The molecule has 2 aromatic carbocycles. The van der Waals surface area contributed by atoms with Gasteiger partial charge >= 0.3 is 0 Å². The van der Waals surface area contributed by atoms with E-state index in [9.17, 15) is 18.3 Å². The quantitative estimate of drug-likeness (QED) is 0.523. The number of hydrogen-bond acceptors (Lipinski definition) is 6. The van der Waals surface area contributed by atoms with E-state index < -0.39 is 10.0 Å². The van der Waals surface area contributed by atoms with E-state index >= 15 is 0 Å². The minimum absolute atomic E-state index is 0.0322. The van der Waals surface area contributed by atoms with Crippen LogP contribution in [0.15, 0.2) is 52.2 Å². The van der Waals surface area contributed by atoms with E-state index in [4.69, 9.17) is 9.47 Å². The molecule has 0 aliphatic heterocycles. The van der Waals surface area contributed by atoms with Crippen molar-refractivity contribution in [3.63, 3.8) is 0 Å². The first kappa shape index (κ1) is 22.8. The van der Waals surface area contributed by atoms with E-state index in [1.165, 1.54) is 30.7 Å². The number of ether oxygens (including phenoxy) is 2.